The zero-order valence-corrected chi connectivity index (χ0v) is 34.3. The van der Waals surface area contributed by atoms with E-state index in [-0.39, 0.29) is 0 Å². The van der Waals surface area contributed by atoms with Crippen LogP contribution < -0.4 is 0 Å². The molecular formula is C54H37N7S. The normalized spacial score (nSPS) is 11.3. The molecule has 0 spiro atoms. The highest BCUT2D eigenvalue weighted by Gasteiger charge is 2.19. The van der Waals surface area contributed by atoms with Crippen molar-refractivity contribution in [3.8, 4) is 74.0 Å². The second kappa shape index (κ2) is 17.3. The van der Waals surface area contributed by atoms with Crippen molar-refractivity contribution in [1.82, 2.24) is 34.5 Å². The third-order valence-electron chi connectivity index (χ3n) is 10.4. The van der Waals surface area contributed by atoms with Gasteiger partial charge in [0.1, 0.15) is 0 Å². The van der Waals surface area contributed by atoms with Gasteiger partial charge in [-0.3, -0.25) is 4.57 Å². The molecule has 0 aliphatic rings. The molecule has 0 aliphatic heterocycles. The summed E-state index contributed by atoms with van der Waals surface area (Å²) in [4.78, 5) is 32.4. The molecule has 0 bridgehead atoms. The number of hydrogen-bond acceptors (Lipinski definition) is 7. The fourth-order valence-corrected chi connectivity index (χ4v) is 8.35. The lowest BCUT2D eigenvalue weighted by Gasteiger charge is -2.13. The summed E-state index contributed by atoms with van der Waals surface area (Å²) in [5.41, 5.74) is 8.82. The SMILES string of the molecule is C=C/C=C\c1cn(-c2nc(-c3ccccc3)nc(-c3ccccc3Sc3cccc(-c4nc(-c5ccccc5)nc(-c5ccc(-c6ccccc6)cc5)n4)c3)n2)c2ccccc12. The van der Waals surface area contributed by atoms with Crippen LogP contribution in [0.15, 0.2) is 223 Å². The molecule has 3 heterocycles. The molecule has 0 N–H and O–H groups in total. The van der Waals surface area contributed by atoms with Crippen LogP contribution in [-0.4, -0.2) is 34.5 Å². The Labute approximate surface area is 364 Å². The van der Waals surface area contributed by atoms with E-state index in [1.54, 1.807) is 17.8 Å². The van der Waals surface area contributed by atoms with Crippen molar-refractivity contribution in [2.24, 2.45) is 0 Å². The average Bonchev–Trinajstić information content (AvgIpc) is 3.72. The van der Waals surface area contributed by atoms with Crippen molar-refractivity contribution >= 4 is 28.7 Å². The van der Waals surface area contributed by atoms with Crippen molar-refractivity contribution < 1.29 is 0 Å². The predicted molar refractivity (Wildman–Crippen MR) is 252 cm³/mol. The second-order valence-electron chi connectivity index (χ2n) is 14.5. The second-order valence-corrected chi connectivity index (χ2v) is 15.6. The highest BCUT2D eigenvalue weighted by atomic mass is 32.2. The van der Waals surface area contributed by atoms with E-state index in [1.165, 1.54) is 0 Å². The molecule has 0 aliphatic carbocycles. The van der Waals surface area contributed by atoms with E-state index in [2.05, 4.69) is 104 Å². The van der Waals surface area contributed by atoms with Crippen molar-refractivity contribution in [2.75, 3.05) is 0 Å². The summed E-state index contributed by atoms with van der Waals surface area (Å²) in [7, 11) is 0. The van der Waals surface area contributed by atoms with E-state index in [0.717, 1.165) is 65.2 Å². The Morgan fingerprint density at radius 3 is 1.63 bits per heavy atom. The van der Waals surface area contributed by atoms with E-state index in [9.17, 15) is 0 Å². The molecule has 10 rings (SSSR count). The van der Waals surface area contributed by atoms with Gasteiger partial charge in [-0.25, -0.2) is 19.9 Å². The summed E-state index contributed by atoms with van der Waals surface area (Å²) >= 11 is 1.64. The monoisotopic (exact) mass is 815 g/mol. The van der Waals surface area contributed by atoms with Crippen LogP contribution in [0, 0.1) is 0 Å². The van der Waals surface area contributed by atoms with Crippen LogP contribution in [-0.2, 0) is 0 Å². The molecule has 294 valence electrons. The van der Waals surface area contributed by atoms with Gasteiger partial charge < -0.3 is 0 Å². The number of fused-ring (bicyclic) bond motifs is 1. The lowest BCUT2D eigenvalue weighted by molar-refractivity contribution is 0.930. The van der Waals surface area contributed by atoms with Crippen molar-refractivity contribution in [2.45, 2.75) is 9.79 Å². The van der Waals surface area contributed by atoms with Gasteiger partial charge in [0.2, 0.25) is 5.95 Å². The Bertz CT molecular complexity index is 3220. The minimum atomic E-state index is 0.527. The third kappa shape index (κ3) is 7.98. The Morgan fingerprint density at radius 1 is 0.435 bits per heavy atom. The van der Waals surface area contributed by atoms with Gasteiger partial charge in [0.15, 0.2) is 29.1 Å². The zero-order valence-electron chi connectivity index (χ0n) is 33.5. The molecule has 0 fully saturated rings. The lowest BCUT2D eigenvalue weighted by Crippen LogP contribution is -2.06. The largest absolute Gasteiger partial charge is 0.285 e. The first-order valence-electron chi connectivity index (χ1n) is 20.2. The lowest BCUT2D eigenvalue weighted by atomic mass is 10.0. The third-order valence-corrected chi connectivity index (χ3v) is 11.5. The maximum atomic E-state index is 5.17. The van der Waals surface area contributed by atoms with Crippen LogP contribution in [0.2, 0.25) is 0 Å². The number of nitrogens with zero attached hydrogens (tertiary/aromatic N) is 7. The van der Waals surface area contributed by atoms with E-state index in [0.29, 0.717) is 35.1 Å². The van der Waals surface area contributed by atoms with E-state index in [4.69, 9.17) is 29.9 Å². The van der Waals surface area contributed by atoms with Crippen molar-refractivity contribution in [3.05, 3.63) is 219 Å². The number of rotatable bonds is 11. The maximum Gasteiger partial charge on any atom is 0.238 e. The first kappa shape index (κ1) is 38.2. The van der Waals surface area contributed by atoms with Gasteiger partial charge in [-0.1, -0.05) is 200 Å². The highest BCUT2D eigenvalue weighted by molar-refractivity contribution is 7.99. The van der Waals surface area contributed by atoms with Gasteiger partial charge in [-0.2, -0.15) is 9.97 Å². The highest BCUT2D eigenvalue weighted by Crippen LogP contribution is 2.38. The molecule has 0 amide bonds. The first-order valence-corrected chi connectivity index (χ1v) is 21.0. The topological polar surface area (TPSA) is 82.3 Å². The minimum absolute atomic E-state index is 0.527. The molecule has 7 aromatic carbocycles. The summed E-state index contributed by atoms with van der Waals surface area (Å²) in [6.07, 6.45) is 7.84. The van der Waals surface area contributed by atoms with E-state index < -0.39 is 0 Å². The van der Waals surface area contributed by atoms with Crippen molar-refractivity contribution in [3.63, 3.8) is 0 Å². The number of para-hydroxylation sites is 1. The molecule has 0 unspecified atom stereocenters. The predicted octanol–water partition coefficient (Wildman–Crippen LogP) is 13.4. The zero-order chi connectivity index (χ0) is 41.7. The smallest absolute Gasteiger partial charge is 0.238 e. The molecule has 0 radical (unpaired) electrons. The van der Waals surface area contributed by atoms with Gasteiger partial charge in [-0.15, -0.1) is 0 Å². The maximum absolute atomic E-state index is 5.17. The molecular weight excluding hydrogens is 779 g/mol. The summed E-state index contributed by atoms with van der Waals surface area (Å²) in [5, 5.41) is 1.09. The number of aromatic nitrogens is 7. The summed E-state index contributed by atoms with van der Waals surface area (Å²) in [6, 6.07) is 63.7. The summed E-state index contributed by atoms with van der Waals surface area (Å²) in [5.74, 6) is 3.49. The van der Waals surface area contributed by atoms with Gasteiger partial charge in [0.25, 0.3) is 0 Å². The molecule has 0 saturated carbocycles. The fraction of sp³-hybridized carbons (Fsp3) is 0. The Balaban J connectivity index is 1.04. The van der Waals surface area contributed by atoms with Gasteiger partial charge >= 0.3 is 0 Å². The average molecular weight is 816 g/mol. The standard InChI is InChI=1S/C54H37N7S/c1-2-3-18-43-36-61(47-29-15-13-27-45(43)47)54-59-51(40-23-11-6-12-24-40)58-53(60-54)46-28-14-16-30-48(46)62-44-26-17-25-42(35-44)52-56-49(39-21-9-5-10-22-39)55-50(57-52)41-33-31-38(32-34-41)37-19-7-4-8-20-37/h2-36H,1H2/b18-3-. The minimum Gasteiger partial charge on any atom is -0.285 e. The van der Waals surface area contributed by atoms with E-state index in [1.807, 2.05) is 114 Å². The summed E-state index contributed by atoms with van der Waals surface area (Å²) in [6.45, 7) is 3.87. The van der Waals surface area contributed by atoms with Gasteiger partial charge in [0.05, 0.1) is 5.52 Å². The molecule has 0 saturated heterocycles. The van der Waals surface area contributed by atoms with Crippen LogP contribution in [0.3, 0.4) is 0 Å². The molecule has 8 heteroatoms. The quantitative estimate of drug-likeness (QED) is 0.120. The van der Waals surface area contributed by atoms with Crippen molar-refractivity contribution in [1.29, 1.82) is 0 Å². The fourth-order valence-electron chi connectivity index (χ4n) is 7.34. The molecule has 10 aromatic rings. The van der Waals surface area contributed by atoms with Crippen LogP contribution >= 0.6 is 11.8 Å². The Kier molecular flexibility index (Phi) is 10.6. The molecule has 7 nitrogen and oxygen atoms in total. The van der Waals surface area contributed by atoms with E-state index >= 15 is 0 Å². The Morgan fingerprint density at radius 2 is 0.935 bits per heavy atom. The number of allylic oxidation sites excluding steroid dienone is 2. The number of hydrogen-bond donors (Lipinski definition) is 0. The van der Waals surface area contributed by atoms with Crippen LogP contribution in [0.5, 0.6) is 0 Å². The van der Waals surface area contributed by atoms with Gasteiger partial charge in [-0.05, 0) is 35.4 Å². The molecule has 0 atom stereocenters. The number of benzene rings is 7. The molecule has 62 heavy (non-hydrogen) atoms. The Hall–Kier alpha value is -8.07. The van der Waals surface area contributed by atoms with Crippen LogP contribution in [0.1, 0.15) is 5.56 Å². The van der Waals surface area contributed by atoms with Gasteiger partial charge in [0, 0.05) is 54.8 Å². The van der Waals surface area contributed by atoms with Crippen LogP contribution in [0.4, 0.5) is 0 Å². The molecule has 3 aromatic heterocycles. The first-order chi connectivity index (χ1) is 30.7. The van der Waals surface area contributed by atoms with Crippen LogP contribution in [0.25, 0.3) is 91.0 Å². The summed E-state index contributed by atoms with van der Waals surface area (Å²) < 4.78 is 2.04.